The first-order valence-corrected chi connectivity index (χ1v) is 9.45. The van der Waals surface area contributed by atoms with Crippen molar-refractivity contribution in [2.45, 2.75) is 11.3 Å². The molecule has 9 heteroatoms. The number of hydrogen-bond acceptors (Lipinski definition) is 4. The van der Waals surface area contributed by atoms with Crippen molar-refractivity contribution in [3.63, 3.8) is 0 Å². The Morgan fingerprint density at radius 2 is 2.00 bits per heavy atom. The lowest BCUT2D eigenvalue weighted by Crippen LogP contribution is -2.18. The van der Waals surface area contributed by atoms with Gasteiger partial charge >= 0.3 is 0 Å². The van der Waals surface area contributed by atoms with Crippen LogP contribution in [0.5, 0.6) is 0 Å². The number of rotatable bonds is 5. The van der Waals surface area contributed by atoms with E-state index in [2.05, 4.69) is 10.3 Å². The maximum Gasteiger partial charge on any atom is 0.240 e. The number of imidazole rings is 1. The molecule has 0 spiro atoms. The zero-order chi connectivity index (χ0) is 18.7. The Kier molecular flexibility index (Phi) is 5.08. The number of nitrogens with two attached hydrogens (primary N) is 1. The molecule has 0 unspecified atom stereocenters. The van der Waals surface area contributed by atoms with E-state index in [-0.39, 0.29) is 17.2 Å². The van der Waals surface area contributed by atoms with Crippen LogP contribution in [0.4, 0.5) is 5.69 Å². The summed E-state index contributed by atoms with van der Waals surface area (Å²) in [5, 5.41) is 8.46. The molecule has 0 saturated heterocycles. The number of primary sulfonamides is 1. The predicted molar refractivity (Wildman–Crippen MR) is 98.7 cm³/mol. The second-order valence-electron chi connectivity index (χ2n) is 5.51. The van der Waals surface area contributed by atoms with Crippen molar-refractivity contribution in [3.05, 3.63) is 71.8 Å². The number of carbonyl (C=O) groups is 1. The topological polar surface area (TPSA) is 107 Å². The van der Waals surface area contributed by atoms with E-state index in [0.29, 0.717) is 22.0 Å². The van der Waals surface area contributed by atoms with Gasteiger partial charge in [-0.25, -0.2) is 18.5 Å². The molecule has 2 aromatic carbocycles. The zero-order valence-corrected chi connectivity index (χ0v) is 15.0. The van der Waals surface area contributed by atoms with E-state index >= 15 is 0 Å². The molecule has 7 nitrogen and oxygen atoms in total. The minimum atomic E-state index is -4.00. The van der Waals surface area contributed by atoms with Gasteiger partial charge in [0.25, 0.3) is 0 Å². The Morgan fingerprint density at radius 3 is 2.65 bits per heavy atom. The van der Waals surface area contributed by atoms with Crippen LogP contribution in [0.3, 0.4) is 0 Å². The fourth-order valence-electron chi connectivity index (χ4n) is 2.45. The van der Waals surface area contributed by atoms with Crippen molar-refractivity contribution < 1.29 is 13.2 Å². The number of amides is 1. The van der Waals surface area contributed by atoms with Gasteiger partial charge in [-0.05, 0) is 29.8 Å². The quantitative estimate of drug-likeness (QED) is 0.697. The molecule has 0 radical (unpaired) electrons. The first-order valence-electron chi connectivity index (χ1n) is 7.53. The average Bonchev–Trinajstić information content (AvgIpc) is 3.10. The van der Waals surface area contributed by atoms with Gasteiger partial charge in [0.1, 0.15) is 4.90 Å². The number of nitrogens with zero attached hydrogens (tertiary/aromatic N) is 2. The second kappa shape index (κ2) is 7.28. The van der Waals surface area contributed by atoms with E-state index in [1.165, 1.54) is 23.2 Å². The highest BCUT2D eigenvalue weighted by Crippen LogP contribution is 2.24. The van der Waals surface area contributed by atoms with Gasteiger partial charge in [0.15, 0.2) is 0 Å². The van der Waals surface area contributed by atoms with Crippen molar-refractivity contribution in [3.8, 4) is 5.69 Å². The average molecular weight is 391 g/mol. The monoisotopic (exact) mass is 390 g/mol. The first kappa shape index (κ1) is 18.1. The molecule has 0 saturated carbocycles. The van der Waals surface area contributed by atoms with Crippen LogP contribution in [0, 0.1) is 0 Å². The number of aromatic nitrogens is 2. The Labute approximate surface area is 155 Å². The smallest absolute Gasteiger partial charge is 0.240 e. The van der Waals surface area contributed by atoms with Gasteiger partial charge in [-0.2, -0.15) is 0 Å². The van der Waals surface area contributed by atoms with Gasteiger partial charge in [0, 0.05) is 23.1 Å². The molecule has 134 valence electrons. The molecule has 1 amide bonds. The minimum absolute atomic E-state index is 0.0631. The molecular weight excluding hydrogens is 376 g/mol. The fourth-order valence-corrected chi connectivity index (χ4v) is 3.41. The molecule has 26 heavy (non-hydrogen) atoms. The van der Waals surface area contributed by atoms with Crippen LogP contribution in [0.2, 0.25) is 5.02 Å². The van der Waals surface area contributed by atoms with Gasteiger partial charge in [0.2, 0.25) is 15.9 Å². The molecule has 1 aromatic heterocycles. The number of halogens is 1. The minimum Gasteiger partial charge on any atom is -0.326 e. The fraction of sp³-hybridized carbons (Fsp3) is 0.0588. The predicted octanol–water partition coefficient (Wildman–Crippen LogP) is 2.35. The van der Waals surface area contributed by atoms with Gasteiger partial charge < -0.3 is 9.88 Å². The number of carbonyl (C=O) groups excluding carboxylic acids is 1. The summed E-state index contributed by atoms with van der Waals surface area (Å²) in [7, 11) is -4.00. The Bertz CT molecular complexity index is 1050. The van der Waals surface area contributed by atoms with Crippen LogP contribution in [0.1, 0.15) is 5.56 Å². The third-order valence-electron chi connectivity index (χ3n) is 3.64. The first-order chi connectivity index (χ1) is 12.3. The molecular formula is C17H15ClN4O3S. The summed E-state index contributed by atoms with van der Waals surface area (Å²) in [5.74, 6) is -0.325. The van der Waals surface area contributed by atoms with Crippen molar-refractivity contribution in [2.24, 2.45) is 5.14 Å². The van der Waals surface area contributed by atoms with Gasteiger partial charge in [-0.15, -0.1) is 0 Å². The lowest BCUT2D eigenvalue weighted by atomic mass is 10.1. The van der Waals surface area contributed by atoms with Gasteiger partial charge in [-0.1, -0.05) is 29.8 Å². The lowest BCUT2D eigenvalue weighted by molar-refractivity contribution is -0.115. The zero-order valence-electron chi connectivity index (χ0n) is 13.5. The van der Waals surface area contributed by atoms with Crippen LogP contribution in [-0.4, -0.2) is 23.9 Å². The summed E-state index contributed by atoms with van der Waals surface area (Å²) in [5.41, 5.74) is 1.33. The molecule has 0 bridgehead atoms. The van der Waals surface area contributed by atoms with E-state index in [9.17, 15) is 13.2 Å². The van der Waals surface area contributed by atoms with E-state index in [0.717, 1.165) is 0 Å². The van der Waals surface area contributed by atoms with Crippen LogP contribution < -0.4 is 10.5 Å². The number of nitrogens with one attached hydrogen (secondary N) is 1. The van der Waals surface area contributed by atoms with E-state index in [1.807, 2.05) is 0 Å². The Balaban J connectivity index is 1.87. The van der Waals surface area contributed by atoms with Crippen molar-refractivity contribution in [1.29, 1.82) is 0 Å². The van der Waals surface area contributed by atoms with E-state index in [4.69, 9.17) is 16.7 Å². The van der Waals surface area contributed by atoms with Crippen LogP contribution >= 0.6 is 11.6 Å². The normalized spacial score (nSPS) is 11.3. The second-order valence-corrected chi connectivity index (χ2v) is 7.45. The van der Waals surface area contributed by atoms with E-state index < -0.39 is 10.0 Å². The molecule has 3 aromatic rings. The highest BCUT2D eigenvalue weighted by molar-refractivity contribution is 7.89. The summed E-state index contributed by atoms with van der Waals surface area (Å²) in [4.78, 5) is 16.0. The van der Waals surface area contributed by atoms with Crippen LogP contribution in [-0.2, 0) is 21.2 Å². The van der Waals surface area contributed by atoms with Crippen molar-refractivity contribution in [1.82, 2.24) is 9.55 Å². The highest BCUT2D eigenvalue weighted by Gasteiger charge is 2.17. The SMILES string of the molecule is NS(=O)(=O)c1cc(NC(=O)Cc2ccccc2Cl)ccc1-n1ccnc1. The summed E-state index contributed by atoms with van der Waals surface area (Å²) in [6.45, 7) is 0. The number of sulfonamides is 1. The van der Waals surface area contributed by atoms with E-state index in [1.54, 1.807) is 42.6 Å². The summed E-state index contributed by atoms with van der Waals surface area (Å²) >= 11 is 6.05. The van der Waals surface area contributed by atoms with Crippen LogP contribution in [0.25, 0.3) is 5.69 Å². The van der Waals surface area contributed by atoms with Gasteiger partial charge in [-0.3, -0.25) is 4.79 Å². The molecule has 0 aliphatic rings. The standard InChI is InChI=1S/C17H15ClN4O3S/c18-14-4-2-1-3-12(14)9-17(23)21-13-5-6-15(22-8-7-20-11-22)16(10-13)26(19,24)25/h1-8,10-11H,9H2,(H,21,23)(H2,19,24,25). The lowest BCUT2D eigenvalue weighted by Gasteiger charge is -2.12. The third kappa shape index (κ3) is 4.10. The maximum absolute atomic E-state index is 12.2. The summed E-state index contributed by atoms with van der Waals surface area (Å²) in [6.07, 6.45) is 4.64. The number of hydrogen-bond donors (Lipinski definition) is 2. The molecule has 3 rings (SSSR count). The van der Waals surface area contributed by atoms with Crippen molar-refractivity contribution >= 4 is 33.2 Å². The third-order valence-corrected chi connectivity index (χ3v) is 4.95. The Hall–Kier alpha value is -2.68. The number of benzene rings is 2. The summed E-state index contributed by atoms with van der Waals surface area (Å²) < 4.78 is 25.4. The number of anilines is 1. The molecule has 1 heterocycles. The molecule has 0 fully saturated rings. The Morgan fingerprint density at radius 1 is 1.23 bits per heavy atom. The molecule has 0 aliphatic heterocycles. The maximum atomic E-state index is 12.2. The molecule has 0 atom stereocenters. The molecule has 0 aliphatic carbocycles. The van der Waals surface area contributed by atoms with Crippen LogP contribution in [0.15, 0.2) is 66.1 Å². The van der Waals surface area contributed by atoms with Gasteiger partial charge in [0.05, 0.1) is 18.4 Å². The van der Waals surface area contributed by atoms with Crippen molar-refractivity contribution in [2.75, 3.05) is 5.32 Å². The highest BCUT2D eigenvalue weighted by atomic mass is 35.5. The largest absolute Gasteiger partial charge is 0.326 e. The molecule has 3 N–H and O–H groups in total. The summed E-state index contributed by atoms with van der Waals surface area (Å²) in [6, 6.07) is 11.5.